The van der Waals surface area contributed by atoms with Crippen molar-refractivity contribution in [3.05, 3.63) is 113 Å². The van der Waals surface area contributed by atoms with Crippen LogP contribution in [0.1, 0.15) is 41.0 Å². The van der Waals surface area contributed by atoms with Gasteiger partial charge in [0.2, 0.25) is 5.91 Å². The van der Waals surface area contributed by atoms with E-state index in [0.29, 0.717) is 13.1 Å². The topological polar surface area (TPSA) is 57.6 Å². The van der Waals surface area contributed by atoms with Gasteiger partial charge in [0.15, 0.2) is 0 Å². The summed E-state index contributed by atoms with van der Waals surface area (Å²) in [6.07, 6.45) is 3.90. The van der Waals surface area contributed by atoms with E-state index in [1.807, 2.05) is 89.8 Å². The Bertz CT molecular complexity index is 1040. The minimum atomic E-state index is -0.822. The highest BCUT2D eigenvalue weighted by molar-refractivity contribution is 5.87. The van der Waals surface area contributed by atoms with Crippen LogP contribution in [0.3, 0.4) is 0 Å². The zero-order valence-electron chi connectivity index (χ0n) is 18.0. The Kier molecular flexibility index (Phi) is 6.81. The van der Waals surface area contributed by atoms with Crippen molar-refractivity contribution in [1.82, 2.24) is 4.90 Å². The summed E-state index contributed by atoms with van der Waals surface area (Å²) in [6, 6.07) is 27.6. The van der Waals surface area contributed by atoms with Crippen LogP contribution in [0.2, 0.25) is 0 Å². The molecule has 3 aromatic carbocycles. The number of carbonyl (C=O) groups is 2. The molecule has 0 spiro atoms. The maximum atomic E-state index is 13.5. The van der Waals surface area contributed by atoms with Crippen LogP contribution in [0, 0.1) is 0 Å². The Morgan fingerprint density at radius 1 is 0.812 bits per heavy atom. The summed E-state index contributed by atoms with van der Waals surface area (Å²) in [5, 5.41) is 8.91. The van der Waals surface area contributed by atoms with Gasteiger partial charge in [0, 0.05) is 13.1 Å². The van der Waals surface area contributed by atoms with Crippen LogP contribution >= 0.6 is 0 Å². The van der Waals surface area contributed by atoms with Crippen LogP contribution in [0.5, 0.6) is 0 Å². The minimum Gasteiger partial charge on any atom is -0.481 e. The molecule has 3 aromatic rings. The molecule has 0 radical (unpaired) electrons. The number of piperidine rings is 1. The van der Waals surface area contributed by atoms with Gasteiger partial charge in [-0.15, -0.1) is 0 Å². The number of hydrogen-bond donors (Lipinski definition) is 1. The largest absolute Gasteiger partial charge is 0.481 e. The molecule has 4 nitrogen and oxygen atoms in total. The number of hydrogen-bond acceptors (Lipinski definition) is 2. The number of nitrogens with zero attached hydrogens (tertiary/aromatic N) is 1. The van der Waals surface area contributed by atoms with E-state index in [9.17, 15) is 9.59 Å². The second-order valence-electron chi connectivity index (χ2n) is 8.19. The van der Waals surface area contributed by atoms with Gasteiger partial charge in [-0.1, -0.05) is 96.6 Å². The molecule has 0 aliphatic carbocycles. The molecule has 1 N–H and O–H groups in total. The normalized spacial score (nSPS) is 13.8. The SMILES string of the molecule is O=C(O)Cc1ccc(C=C2CCN(C(=O)C(c3ccccc3)c3ccccc3)CC2)cc1. The third kappa shape index (κ3) is 5.33. The summed E-state index contributed by atoms with van der Waals surface area (Å²) in [7, 11) is 0. The standard InChI is InChI=1S/C28H27NO3/c30-26(31)20-22-13-11-21(12-14-22)19-23-15-17-29(18-16-23)28(32)27(24-7-3-1-4-8-24)25-9-5-2-6-10-25/h1-14,19,27H,15-18,20H2,(H,30,31). The predicted octanol–water partition coefficient (Wildman–Crippen LogP) is 5.15. The van der Waals surface area contributed by atoms with Crippen LogP contribution < -0.4 is 0 Å². The van der Waals surface area contributed by atoms with E-state index in [2.05, 4.69) is 6.08 Å². The van der Waals surface area contributed by atoms with Gasteiger partial charge < -0.3 is 10.0 Å². The van der Waals surface area contributed by atoms with Crippen LogP contribution in [0.25, 0.3) is 6.08 Å². The molecule has 0 bridgehead atoms. The van der Waals surface area contributed by atoms with Gasteiger partial charge in [0.1, 0.15) is 0 Å². The summed E-state index contributed by atoms with van der Waals surface area (Å²) < 4.78 is 0. The first kappa shape index (κ1) is 21.6. The monoisotopic (exact) mass is 425 g/mol. The predicted molar refractivity (Wildman–Crippen MR) is 126 cm³/mol. The van der Waals surface area contributed by atoms with Crippen molar-refractivity contribution in [2.75, 3.05) is 13.1 Å². The molecule has 4 rings (SSSR count). The number of carboxylic acids is 1. The number of carboxylic acid groups (broad SMARTS) is 1. The van der Waals surface area contributed by atoms with Crippen molar-refractivity contribution >= 4 is 18.0 Å². The lowest BCUT2D eigenvalue weighted by atomic mass is 9.89. The highest BCUT2D eigenvalue weighted by Crippen LogP contribution is 2.29. The van der Waals surface area contributed by atoms with Gasteiger partial charge in [0.25, 0.3) is 0 Å². The number of aliphatic carboxylic acids is 1. The Labute approximate surface area is 188 Å². The van der Waals surface area contributed by atoms with Crippen molar-refractivity contribution in [2.24, 2.45) is 0 Å². The maximum absolute atomic E-state index is 13.5. The number of likely N-dealkylation sites (tertiary alicyclic amines) is 1. The van der Waals surface area contributed by atoms with Crippen LogP contribution in [0.4, 0.5) is 0 Å². The number of benzene rings is 3. The Morgan fingerprint density at radius 2 is 1.34 bits per heavy atom. The highest BCUT2D eigenvalue weighted by atomic mass is 16.4. The van der Waals surface area contributed by atoms with E-state index >= 15 is 0 Å². The molecule has 1 aliphatic rings. The van der Waals surface area contributed by atoms with Gasteiger partial charge >= 0.3 is 5.97 Å². The molecule has 0 unspecified atom stereocenters. The summed E-state index contributed by atoms with van der Waals surface area (Å²) in [5.41, 5.74) is 5.22. The van der Waals surface area contributed by atoms with E-state index in [1.165, 1.54) is 5.57 Å². The molecule has 32 heavy (non-hydrogen) atoms. The van der Waals surface area contributed by atoms with E-state index in [-0.39, 0.29) is 18.2 Å². The lowest BCUT2D eigenvalue weighted by Gasteiger charge is -2.32. The van der Waals surface area contributed by atoms with Crippen molar-refractivity contribution < 1.29 is 14.7 Å². The molecule has 1 amide bonds. The number of rotatable bonds is 6. The van der Waals surface area contributed by atoms with Crippen molar-refractivity contribution in [1.29, 1.82) is 0 Å². The van der Waals surface area contributed by atoms with E-state index in [1.54, 1.807) is 0 Å². The second-order valence-corrected chi connectivity index (χ2v) is 8.19. The molecule has 0 aromatic heterocycles. The smallest absolute Gasteiger partial charge is 0.307 e. The van der Waals surface area contributed by atoms with E-state index < -0.39 is 5.97 Å². The lowest BCUT2D eigenvalue weighted by Crippen LogP contribution is -2.39. The quantitative estimate of drug-likeness (QED) is 0.594. The molecule has 0 atom stereocenters. The molecule has 1 heterocycles. The first-order valence-electron chi connectivity index (χ1n) is 11.0. The van der Waals surface area contributed by atoms with Crippen molar-refractivity contribution in [3.8, 4) is 0 Å². The maximum Gasteiger partial charge on any atom is 0.307 e. The average molecular weight is 426 g/mol. The average Bonchev–Trinajstić information content (AvgIpc) is 2.82. The molecular weight excluding hydrogens is 398 g/mol. The highest BCUT2D eigenvalue weighted by Gasteiger charge is 2.29. The summed E-state index contributed by atoms with van der Waals surface area (Å²) in [6.45, 7) is 1.41. The van der Waals surface area contributed by atoms with E-state index in [4.69, 9.17) is 5.11 Å². The summed E-state index contributed by atoms with van der Waals surface area (Å²) in [4.78, 5) is 26.4. The van der Waals surface area contributed by atoms with Gasteiger partial charge in [-0.25, -0.2) is 0 Å². The molecule has 4 heteroatoms. The molecule has 1 saturated heterocycles. The summed E-state index contributed by atoms with van der Waals surface area (Å²) in [5.74, 6) is -0.957. The fourth-order valence-corrected chi connectivity index (χ4v) is 4.25. The molecule has 1 aliphatic heterocycles. The summed E-state index contributed by atoms with van der Waals surface area (Å²) >= 11 is 0. The lowest BCUT2D eigenvalue weighted by molar-refractivity contribution is -0.136. The third-order valence-corrected chi connectivity index (χ3v) is 5.94. The van der Waals surface area contributed by atoms with Crippen LogP contribution in [-0.2, 0) is 16.0 Å². The van der Waals surface area contributed by atoms with Crippen LogP contribution in [0.15, 0.2) is 90.5 Å². The second kappa shape index (κ2) is 10.1. The Balaban J connectivity index is 1.45. The Morgan fingerprint density at radius 3 is 1.84 bits per heavy atom. The molecule has 0 saturated carbocycles. The minimum absolute atomic E-state index is 0.0396. The molecule has 162 valence electrons. The first-order chi connectivity index (χ1) is 15.6. The zero-order chi connectivity index (χ0) is 22.3. The molecule has 1 fully saturated rings. The zero-order valence-corrected chi connectivity index (χ0v) is 18.0. The fourth-order valence-electron chi connectivity index (χ4n) is 4.25. The number of carbonyl (C=O) groups excluding carboxylic acids is 1. The van der Waals surface area contributed by atoms with Gasteiger partial charge in [-0.3, -0.25) is 9.59 Å². The molecular formula is C28H27NO3. The fraction of sp³-hybridized carbons (Fsp3) is 0.214. The first-order valence-corrected chi connectivity index (χ1v) is 11.0. The van der Waals surface area contributed by atoms with Crippen LogP contribution in [-0.4, -0.2) is 35.0 Å². The van der Waals surface area contributed by atoms with Gasteiger partial charge in [-0.05, 0) is 35.1 Å². The van der Waals surface area contributed by atoms with E-state index in [0.717, 1.165) is 35.1 Å². The third-order valence-electron chi connectivity index (χ3n) is 5.94. The van der Waals surface area contributed by atoms with Gasteiger partial charge in [0.05, 0.1) is 12.3 Å². The number of amides is 1. The van der Waals surface area contributed by atoms with Crippen molar-refractivity contribution in [2.45, 2.75) is 25.2 Å². The van der Waals surface area contributed by atoms with Crippen molar-refractivity contribution in [3.63, 3.8) is 0 Å². The van der Waals surface area contributed by atoms with Gasteiger partial charge in [-0.2, -0.15) is 0 Å². The Hall–Kier alpha value is -3.66.